The summed E-state index contributed by atoms with van der Waals surface area (Å²) in [6.45, 7) is 12.8. The van der Waals surface area contributed by atoms with Crippen molar-refractivity contribution in [1.29, 1.82) is 0 Å². The number of unbranched alkanes of at least 4 members (excludes halogenated alkanes) is 4. The molecule has 1 aliphatic heterocycles. The second-order valence-electron chi connectivity index (χ2n) is 12.8. The summed E-state index contributed by atoms with van der Waals surface area (Å²) in [5.41, 5.74) is 10.1. The van der Waals surface area contributed by atoms with Gasteiger partial charge in [0, 0.05) is 17.7 Å². The lowest BCUT2D eigenvalue weighted by atomic mass is 9.62. The van der Waals surface area contributed by atoms with Crippen LogP contribution >= 0.6 is 0 Å². The Morgan fingerprint density at radius 1 is 0.850 bits per heavy atom. The number of nitrogens with zero attached hydrogens (tertiary/aromatic N) is 2. The van der Waals surface area contributed by atoms with Crippen LogP contribution in [-0.4, -0.2) is 25.3 Å². The van der Waals surface area contributed by atoms with Gasteiger partial charge in [-0.15, -0.1) is 0 Å². The van der Waals surface area contributed by atoms with Crippen molar-refractivity contribution in [3.05, 3.63) is 88.5 Å². The molecule has 4 nitrogen and oxygen atoms in total. The Hall–Kier alpha value is -3.40. The van der Waals surface area contributed by atoms with E-state index in [1.807, 2.05) is 24.3 Å². The molecule has 0 radical (unpaired) electrons. The number of fused-ring (bicyclic) bond motifs is 3. The summed E-state index contributed by atoms with van der Waals surface area (Å²) in [5.74, 6) is -0.326. The van der Waals surface area contributed by atoms with Gasteiger partial charge in [-0.2, -0.15) is 0 Å². The third kappa shape index (κ3) is 5.33. The molecule has 3 aromatic rings. The van der Waals surface area contributed by atoms with E-state index in [1.54, 1.807) is 0 Å². The molecule has 0 N–H and O–H groups in total. The van der Waals surface area contributed by atoms with E-state index in [1.165, 1.54) is 61.6 Å². The molecule has 3 aromatic carbocycles. The Morgan fingerprint density at radius 3 is 2.17 bits per heavy atom. The van der Waals surface area contributed by atoms with Gasteiger partial charge in [0.05, 0.1) is 35.4 Å². The molecule has 0 bridgehead atoms. The van der Waals surface area contributed by atoms with Gasteiger partial charge in [0.25, 0.3) is 0 Å². The monoisotopic (exact) mass is 536 g/mol. The van der Waals surface area contributed by atoms with Gasteiger partial charge in [-0.1, -0.05) is 84.6 Å². The zero-order valence-electron chi connectivity index (χ0n) is 25.1. The van der Waals surface area contributed by atoms with Crippen LogP contribution in [0.25, 0.3) is 0 Å². The molecular formula is C36H44N2O2. The molecule has 40 heavy (non-hydrogen) atoms. The predicted octanol–water partition coefficient (Wildman–Crippen LogP) is 9.41. The van der Waals surface area contributed by atoms with Crippen molar-refractivity contribution in [3.8, 4) is 0 Å². The summed E-state index contributed by atoms with van der Waals surface area (Å²) in [5, 5.41) is 0. The predicted molar refractivity (Wildman–Crippen MR) is 167 cm³/mol. The minimum absolute atomic E-state index is 0.0872. The van der Waals surface area contributed by atoms with Crippen LogP contribution in [0.15, 0.2) is 65.7 Å². The number of aliphatic imine (C=N–C) groups is 1. The van der Waals surface area contributed by atoms with Crippen molar-refractivity contribution >= 4 is 28.7 Å². The van der Waals surface area contributed by atoms with E-state index in [0.29, 0.717) is 5.56 Å². The molecule has 0 atom stereocenters. The van der Waals surface area contributed by atoms with E-state index < -0.39 is 0 Å². The lowest BCUT2D eigenvalue weighted by molar-refractivity contribution is 0.0600. The number of carbonyl (C=O) groups is 1. The van der Waals surface area contributed by atoms with Gasteiger partial charge in [0.2, 0.25) is 0 Å². The minimum atomic E-state index is -0.326. The van der Waals surface area contributed by atoms with Gasteiger partial charge >= 0.3 is 5.97 Å². The van der Waals surface area contributed by atoms with Gasteiger partial charge < -0.3 is 9.64 Å². The summed E-state index contributed by atoms with van der Waals surface area (Å²) in [7, 11) is 1.42. The van der Waals surface area contributed by atoms with Gasteiger partial charge in [0.1, 0.15) is 0 Å². The molecule has 1 aliphatic carbocycles. The number of methoxy groups -OCH3 is 1. The fourth-order valence-corrected chi connectivity index (χ4v) is 6.33. The Labute approximate surface area is 240 Å². The molecule has 2 aliphatic rings. The average molecular weight is 537 g/mol. The molecule has 0 saturated heterocycles. The number of hydrogen-bond donors (Lipinski definition) is 0. The second kappa shape index (κ2) is 11.2. The highest BCUT2D eigenvalue weighted by Gasteiger charge is 2.39. The number of benzene rings is 3. The molecule has 210 valence electrons. The zero-order chi connectivity index (χ0) is 28.5. The van der Waals surface area contributed by atoms with Crippen molar-refractivity contribution < 1.29 is 9.53 Å². The minimum Gasteiger partial charge on any atom is -0.465 e. The Kier molecular flexibility index (Phi) is 7.90. The molecule has 0 fully saturated rings. The molecule has 0 saturated carbocycles. The standard InChI is InChI=1S/C36H44N2O2/c1-7-8-9-10-13-22-38-31-15-12-11-14-30(31)37-33(25-16-18-26(19-17-25)34(39)40-6)27-23-28-29(24-32(27)38)36(4,5)21-20-35(28,2)3/h11-12,14-19,23-24H,7-10,13,20-22H2,1-6H3. The van der Waals surface area contributed by atoms with Gasteiger partial charge in [-0.3, -0.25) is 0 Å². The SMILES string of the molecule is CCCCCCCN1c2ccccc2N=C(c2ccc(C(=O)OC)cc2)c2cc3c(cc21)C(C)(C)CCC3(C)C. The summed E-state index contributed by atoms with van der Waals surface area (Å²) in [4.78, 5) is 20.0. The lowest BCUT2D eigenvalue weighted by Crippen LogP contribution is -2.35. The smallest absolute Gasteiger partial charge is 0.337 e. The third-order valence-electron chi connectivity index (χ3n) is 8.98. The van der Waals surface area contributed by atoms with Crippen LogP contribution in [0.4, 0.5) is 17.1 Å². The largest absolute Gasteiger partial charge is 0.465 e. The molecule has 0 aromatic heterocycles. The number of hydrogen-bond acceptors (Lipinski definition) is 4. The van der Waals surface area contributed by atoms with Crippen LogP contribution in [-0.2, 0) is 15.6 Å². The van der Waals surface area contributed by atoms with E-state index in [9.17, 15) is 4.79 Å². The lowest BCUT2D eigenvalue weighted by Gasteiger charge is -2.43. The number of carbonyl (C=O) groups excluding carboxylic acids is 1. The maximum atomic E-state index is 12.2. The highest BCUT2D eigenvalue weighted by atomic mass is 16.5. The maximum absolute atomic E-state index is 12.2. The summed E-state index contributed by atoms with van der Waals surface area (Å²) >= 11 is 0. The first-order chi connectivity index (χ1) is 19.2. The molecule has 0 amide bonds. The Bertz CT molecular complexity index is 1420. The third-order valence-corrected chi connectivity index (χ3v) is 8.98. The fourth-order valence-electron chi connectivity index (χ4n) is 6.33. The quantitative estimate of drug-likeness (QED) is 0.213. The van der Waals surface area contributed by atoms with Gasteiger partial charge in [0.15, 0.2) is 0 Å². The van der Waals surface area contributed by atoms with Crippen molar-refractivity contribution in [3.63, 3.8) is 0 Å². The van der Waals surface area contributed by atoms with Crippen molar-refractivity contribution in [1.82, 2.24) is 0 Å². The summed E-state index contributed by atoms with van der Waals surface area (Å²) in [6, 6.07) is 21.2. The van der Waals surface area contributed by atoms with E-state index in [4.69, 9.17) is 9.73 Å². The summed E-state index contributed by atoms with van der Waals surface area (Å²) < 4.78 is 4.95. The summed E-state index contributed by atoms with van der Waals surface area (Å²) in [6.07, 6.45) is 8.52. The van der Waals surface area contributed by atoms with Crippen LogP contribution in [0.2, 0.25) is 0 Å². The molecule has 5 rings (SSSR count). The van der Waals surface area contributed by atoms with Crippen LogP contribution in [0, 0.1) is 0 Å². The molecular weight excluding hydrogens is 492 g/mol. The van der Waals surface area contributed by atoms with Crippen LogP contribution in [0.3, 0.4) is 0 Å². The van der Waals surface area contributed by atoms with E-state index in [2.05, 4.69) is 75.9 Å². The zero-order valence-corrected chi connectivity index (χ0v) is 25.1. The number of para-hydroxylation sites is 2. The molecule has 4 heteroatoms. The Balaban J connectivity index is 1.72. The first-order valence-electron chi connectivity index (χ1n) is 15.0. The number of anilines is 2. The fraction of sp³-hybridized carbons (Fsp3) is 0.444. The highest BCUT2D eigenvalue weighted by molar-refractivity contribution is 6.19. The van der Waals surface area contributed by atoms with Crippen LogP contribution < -0.4 is 4.90 Å². The van der Waals surface area contributed by atoms with E-state index in [0.717, 1.165) is 42.0 Å². The molecule has 0 spiro atoms. The van der Waals surface area contributed by atoms with Gasteiger partial charge in [-0.05, 0) is 77.6 Å². The first-order valence-corrected chi connectivity index (χ1v) is 15.0. The maximum Gasteiger partial charge on any atom is 0.337 e. The molecule has 0 unspecified atom stereocenters. The highest BCUT2D eigenvalue weighted by Crippen LogP contribution is 2.50. The normalized spacial score (nSPS) is 16.8. The van der Waals surface area contributed by atoms with Crippen LogP contribution in [0.5, 0.6) is 0 Å². The first kappa shape index (κ1) is 28.1. The van der Waals surface area contributed by atoms with Crippen molar-refractivity contribution in [2.75, 3.05) is 18.6 Å². The van der Waals surface area contributed by atoms with Crippen molar-refractivity contribution in [2.24, 2.45) is 4.99 Å². The van der Waals surface area contributed by atoms with Crippen LogP contribution in [0.1, 0.15) is 112 Å². The number of ether oxygens (including phenoxy) is 1. The molecule has 1 heterocycles. The van der Waals surface area contributed by atoms with Crippen molar-refractivity contribution in [2.45, 2.75) is 90.4 Å². The van der Waals surface area contributed by atoms with E-state index >= 15 is 0 Å². The average Bonchev–Trinajstić information content (AvgIpc) is 3.09. The second-order valence-corrected chi connectivity index (χ2v) is 12.8. The van der Waals surface area contributed by atoms with E-state index in [-0.39, 0.29) is 16.8 Å². The number of rotatable bonds is 8. The Morgan fingerprint density at radius 2 is 1.50 bits per heavy atom. The topological polar surface area (TPSA) is 41.9 Å². The number of esters is 1. The van der Waals surface area contributed by atoms with Gasteiger partial charge in [-0.25, -0.2) is 9.79 Å².